The summed E-state index contributed by atoms with van der Waals surface area (Å²) < 4.78 is 5.35. The number of aliphatic hydroxyl groups excluding tert-OH is 1. The Hall–Kier alpha value is -3.29. The predicted molar refractivity (Wildman–Crippen MR) is 118 cm³/mol. The number of amides is 2. The first-order valence-electron chi connectivity index (χ1n) is 10.4. The van der Waals surface area contributed by atoms with Gasteiger partial charge in [0, 0.05) is 31.5 Å². The van der Waals surface area contributed by atoms with E-state index in [1.807, 2.05) is 24.3 Å². The molecule has 2 amide bonds. The summed E-state index contributed by atoms with van der Waals surface area (Å²) in [5, 5.41) is 16.9. The summed E-state index contributed by atoms with van der Waals surface area (Å²) in [5.41, 5.74) is 1.75. The van der Waals surface area contributed by atoms with E-state index in [-0.39, 0.29) is 24.1 Å². The number of carbonyl (C=O) groups is 2. The van der Waals surface area contributed by atoms with E-state index in [2.05, 4.69) is 15.6 Å². The van der Waals surface area contributed by atoms with Crippen LogP contribution in [-0.4, -0.2) is 41.7 Å². The summed E-state index contributed by atoms with van der Waals surface area (Å²) in [5.74, 6) is -0.272. The number of rotatable bonds is 6. The highest BCUT2D eigenvalue weighted by Crippen LogP contribution is 2.24. The van der Waals surface area contributed by atoms with Crippen LogP contribution < -0.4 is 10.6 Å². The molecule has 7 heteroatoms. The molecule has 2 aromatic carbocycles. The monoisotopic (exact) mass is 419 g/mol. The van der Waals surface area contributed by atoms with Crippen LogP contribution >= 0.6 is 0 Å². The molecular weight excluding hydrogens is 394 g/mol. The Bertz CT molecular complexity index is 1090. The lowest BCUT2D eigenvalue weighted by Gasteiger charge is -2.22. The number of aromatic nitrogens is 1. The molecule has 0 spiro atoms. The molecule has 0 saturated carbocycles. The zero-order chi connectivity index (χ0) is 21.6. The van der Waals surface area contributed by atoms with Crippen molar-refractivity contribution in [2.24, 2.45) is 5.92 Å². The first-order chi connectivity index (χ1) is 15.2. The Kier molecular flexibility index (Phi) is 6.54. The van der Waals surface area contributed by atoms with Crippen molar-refractivity contribution >= 4 is 28.3 Å². The van der Waals surface area contributed by atoms with Gasteiger partial charge in [0.1, 0.15) is 0 Å². The van der Waals surface area contributed by atoms with Crippen LogP contribution in [0.3, 0.4) is 0 Å². The number of ether oxygens (including phenoxy) is 1. The number of nitrogens with zero attached hydrogens (tertiary/aromatic N) is 1. The van der Waals surface area contributed by atoms with E-state index in [0.717, 1.165) is 29.2 Å². The molecular formula is C24H25N3O4. The fraction of sp³-hybridized carbons (Fsp3) is 0.292. The van der Waals surface area contributed by atoms with E-state index in [1.165, 1.54) is 6.20 Å². The van der Waals surface area contributed by atoms with Gasteiger partial charge in [-0.2, -0.15) is 0 Å². The highest BCUT2D eigenvalue weighted by atomic mass is 16.5. The number of pyridine rings is 1. The van der Waals surface area contributed by atoms with Crippen molar-refractivity contribution in [3.05, 3.63) is 71.5 Å². The second-order valence-corrected chi connectivity index (χ2v) is 7.60. The number of hydrogen-bond donors (Lipinski definition) is 3. The Balaban J connectivity index is 1.53. The first-order valence-corrected chi connectivity index (χ1v) is 10.4. The fourth-order valence-electron chi connectivity index (χ4n) is 3.85. The molecule has 2 heterocycles. The molecule has 7 nitrogen and oxygen atoms in total. The number of nitrogens with one attached hydrogen (secondary N) is 2. The number of aliphatic hydroxyl groups is 1. The first kappa shape index (κ1) is 21.0. The van der Waals surface area contributed by atoms with Crippen LogP contribution in [0.2, 0.25) is 0 Å². The minimum absolute atomic E-state index is 0.109. The van der Waals surface area contributed by atoms with E-state index in [9.17, 15) is 14.7 Å². The predicted octanol–water partition coefficient (Wildman–Crippen LogP) is 3.14. The van der Waals surface area contributed by atoms with Crippen LogP contribution in [0.25, 0.3) is 10.8 Å². The van der Waals surface area contributed by atoms with E-state index >= 15 is 0 Å². The van der Waals surface area contributed by atoms with Gasteiger partial charge in [-0.25, -0.2) is 4.98 Å². The lowest BCUT2D eigenvalue weighted by atomic mass is 9.99. The summed E-state index contributed by atoms with van der Waals surface area (Å²) in [6.07, 6.45) is 3.37. The molecule has 31 heavy (non-hydrogen) atoms. The lowest BCUT2D eigenvalue weighted by molar-refractivity contribution is 0.0642. The van der Waals surface area contributed by atoms with Crippen molar-refractivity contribution in [2.75, 3.05) is 25.1 Å². The molecule has 0 atom stereocenters. The van der Waals surface area contributed by atoms with Crippen LogP contribution in [0.1, 0.15) is 39.3 Å². The lowest BCUT2D eigenvalue weighted by Crippen LogP contribution is -2.33. The minimum atomic E-state index is -0.341. The summed E-state index contributed by atoms with van der Waals surface area (Å²) in [6, 6.07) is 14.2. The molecule has 4 rings (SSSR count). The SMILES string of the molecule is O=C(NCC1CCOCC1)c1ncccc1NC(=O)c1ccc(CO)c2ccccc12. The molecule has 160 valence electrons. The van der Waals surface area contributed by atoms with Gasteiger partial charge < -0.3 is 20.5 Å². The molecule has 0 radical (unpaired) electrons. The smallest absolute Gasteiger partial charge is 0.272 e. The zero-order valence-corrected chi connectivity index (χ0v) is 17.1. The zero-order valence-electron chi connectivity index (χ0n) is 17.1. The van der Waals surface area contributed by atoms with Gasteiger partial charge in [0.05, 0.1) is 12.3 Å². The molecule has 0 unspecified atom stereocenters. The number of carbonyl (C=O) groups excluding carboxylic acids is 2. The van der Waals surface area contributed by atoms with Gasteiger partial charge in [0.2, 0.25) is 0 Å². The van der Waals surface area contributed by atoms with Crippen LogP contribution in [-0.2, 0) is 11.3 Å². The maximum atomic E-state index is 13.1. The van der Waals surface area contributed by atoms with Gasteiger partial charge in [-0.1, -0.05) is 30.3 Å². The second-order valence-electron chi connectivity index (χ2n) is 7.60. The normalized spacial score (nSPS) is 14.4. The third-order valence-electron chi connectivity index (χ3n) is 5.59. The average Bonchev–Trinajstić information content (AvgIpc) is 2.82. The topological polar surface area (TPSA) is 101 Å². The van der Waals surface area contributed by atoms with Gasteiger partial charge in [-0.15, -0.1) is 0 Å². The van der Waals surface area contributed by atoms with Gasteiger partial charge >= 0.3 is 0 Å². The number of anilines is 1. The van der Waals surface area contributed by atoms with Crippen molar-refractivity contribution in [3.8, 4) is 0 Å². The Morgan fingerprint density at radius 3 is 2.55 bits per heavy atom. The van der Waals surface area contributed by atoms with E-state index in [1.54, 1.807) is 24.3 Å². The molecule has 3 aromatic rings. The van der Waals surface area contributed by atoms with Gasteiger partial charge in [0.15, 0.2) is 5.69 Å². The van der Waals surface area contributed by atoms with E-state index in [0.29, 0.717) is 36.9 Å². The van der Waals surface area contributed by atoms with E-state index in [4.69, 9.17) is 4.74 Å². The molecule has 1 aliphatic rings. The molecule has 1 aliphatic heterocycles. The van der Waals surface area contributed by atoms with Crippen LogP contribution in [0.15, 0.2) is 54.7 Å². The maximum Gasteiger partial charge on any atom is 0.272 e. The minimum Gasteiger partial charge on any atom is -0.392 e. The van der Waals surface area contributed by atoms with Crippen LogP contribution in [0.4, 0.5) is 5.69 Å². The number of hydrogen-bond acceptors (Lipinski definition) is 5. The van der Waals surface area contributed by atoms with Crippen molar-refractivity contribution in [1.29, 1.82) is 0 Å². The highest BCUT2D eigenvalue weighted by Gasteiger charge is 2.19. The van der Waals surface area contributed by atoms with Crippen molar-refractivity contribution in [2.45, 2.75) is 19.4 Å². The molecule has 0 bridgehead atoms. The maximum absolute atomic E-state index is 13.1. The van der Waals surface area contributed by atoms with Crippen molar-refractivity contribution in [3.63, 3.8) is 0 Å². The van der Waals surface area contributed by atoms with Crippen LogP contribution in [0.5, 0.6) is 0 Å². The van der Waals surface area contributed by atoms with Gasteiger partial charge in [-0.05, 0) is 53.3 Å². The molecule has 3 N–H and O–H groups in total. The fourth-order valence-corrected chi connectivity index (χ4v) is 3.85. The largest absolute Gasteiger partial charge is 0.392 e. The Labute approximate surface area is 180 Å². The van der Waals surface area contributed by atoms with Crippen molar-refractivity contribution in [1.82, 2.24) is 10.3 Å². The highest BCUT2D eigenvalue weighted by molar-refractivity contribution is 6.15. The van der Waals surface area contributed by atoms with Gasteiger partial charge in [0.25, 0.3) is 11.8 Å². The summed E-state index contributed by atoms with van der Waals surface area (Å²) >= 11 is 0. The third-order valence-corrected chi connectivity index (χ3v) is 5.59. The number of fused-ring (bicyclic) bond motifs is 1. The molecule has 1 saturated heterocycles. The summed E-state index contributed by atoms with van der Waals surface area (Å²) in [7, 11) is 0. The Morgan fingerprint density at radius 1 is 1.00 bits per heavy atom. The molecule has 1 fully saturated rings. The van der Waals surface area contributed by atoms with Crippen LogP contribution in [0, 0.1) is 5.92 Å². The summed E-state index contributed by atoms with van der Waals surface area (Å²) in [6.45, 7) is 1.88. The standard InChI is InChI=1S/C24H25N3O4/c28-15-17-7-8-20(19-5-2-1-4-18(17)19)23(29)27-21-6-3-11-25-22(21)24(30)26-14-16-9-12-31-13-10-16/h1-8,11,16,28H,9-10,12-15H2,(H,26,30)(H,27,29). The third kappa shape index (κ3) is 4.73. The summed E-state index contributed by atoms with van der Waals surface area (Å²) in [4.78, 5) is 30.0. The number of benzene rings is 2. The van der Waals surface area contributed by atoms with Gasteiger partial charge in [-0.3, -0.25) is 9.59 Å². The Morgan fingerprint density at radius 2 is 1.77 bits per heavy atom. The van der Waals surface area contributed by atoms with Crippen molar-refractivity contribution < 1.29 is 19.4 Å². The second kappa shape index (κ2) is 9.68. The average molecular weight is 419 g/mol. The quantitative estimate of drug-likeness (QED) is 0.570. The molecule has 1 aromatic heterocycles. The van der Waals surface area contributed by atoms with E-state index < -0.39 is 0 Å². The molecule has 0 aliphatic carbocycles.